The van der Waals surface area contributed by atoms with Gasteiger partial charge in [0.15, 0.2) is 5.76 Å². The Morgan fingerprint density at radius 2 is 1.94 bits per heavy atom. The third kappa shape index (κ3) is 4.80. The lowest BCUT2D eigenvalue weighted by atomic mass is 9.95. The second-order valence-corrected chi connectivity index (χ2v) is 8.61. The number of ketones is 1. The summed E-state index contributed by atoms with van der Waals surface area (Å²) in [6, 6.07) is 6.63. The van der Waals surface area contributed by atoms with Crippen molar-refractivity contribution in [1.29, 1.82) is 0 Å². The summed E-state index contributed by atoms with van der Waals surface area (Å²) < 4.78 is 10.8. The Balaban J connectivity index is 2.00. The highest BCUT2D eigenvalue weighted by molar-refractivity contribution is 7.14. The standard InChI is InChI=1S/C23H28N2O5S/c1-5-12-30-17-9-7-16(8-10-17)19-18(20(26)22-14(2)24-15(3)31-22)21(27)23(28)25(19)11-6-13-29-4/h7-10,19,27H,5-6,11-13H2,1-4H3. The molecule has 1 unspecified atom stereocenters. The van der Waals surface area contributed by atoms with Crippen LogP contribution in [0.2, 0.25) is 0 Å². The van der Waals surface area contributed by atoms with E-state index < -0.39 is 17.7 Å². The van der Waals surface area contributed by atoms with Gasteiger partial charge < -0.3 is 19.5 Å². The number of aryl methyl sites for hydroxylation is 2. The molecule has 7 nitrogen and oxygen atoms in total. The fraction of sp³-hybridized carbons (Fsp3) is 0.435. The molecule has 1 aromatic carbocycles. The highest BCUT2D eigenvalue weighted by Gasteiger charge is 2.44. The van der Waals surface area contributed by atoms with E-state index in [1.54, 1.807) is 14.0 Å². The van der Waals surface area contributed by atoms with Crippen molar-refractivity contribution >= 4 is 23.0 Å². The number of methoxy groups -OCH3 is 1. The van der Waals surface area contributed by atoms with Gasteiger partial charge in [-0.1, -0.05) is 19.1 Å². The number of rotatable bonds is 10. The van der Waals surface area contributed by atoms with Crippen LogP contribution in [0, 0.1) is 13.8 Å². The highest BCUT2D eigenvalue weighted by atomic mass is 32.1. The van der Waals surface area contributed by atoms with Crippen LogP contribution >= 0.6 is 11.3 Å². The largest absolute Gasteiger partial charge is 0.503 e. The first-order chi connectivity index (χ1) is 14.9. The summed E-state index contributed by atoms with van der Waals surface area (Å²) in [6.07, 6.45) is 1.49. The lowest BCUT2D eigenvalue weighted by Crippen LogP contribution is -2.32. The first kappa shape index (κ1) is 23.0. The predicted molar refractivity (Wildman–Crippen MR) is 119 cm³/mol. The van der Waals surface area contributed by atoms with Crippen LogP contribution in [0.15, 0.2) is 35.6 Å². The maximum atomic E-state index is 13.4. The minimum absolute atomic E-state index is 0.0939. The van der Waals surface area contributed by atoms with Gasteiger partial charge in [0.2, 0.25) is 5.78 Å². The molecule has 3 rings (SSSR count). The zero-order valence-corrected chi connectivity index (χ0v) is 19.1. The average Bonchev–Trinajstić information content (AvgIpc) is 3.22. The fourth-order valence-electron chi connectivity index (χ4n) is 3.67. The van der Waals surface area contributed by atoms with Gasteiger partial charge in [-0.25, -0.2) is 4.98 Å². The van der Waals surface area contributed by atoms with Crippen molar-refractivity contribution in [3.05, 3.63) is 56.7 Å². The van der Waals surface area contributed by atoms with Gasteiger partial charge in [0, 0.05) is 20.3 Å². The normalized spacial score (nSPS) is 16.3. The molecule has 0 fully saturated rings. The molecule has 0 radical (unpaired) electrons. The Labute approximate surface area is 186 Å². The minimum Gasteiger partial charge on any atom is -0.503 e. The third-order valence-corrected chi connectivity index (χ3v) is 6.15. The number of thiazole rings is 1. The number of aliphatic hydroxyl groups is 1. The number of hydrogen-bond acceptors (Lipinski definition) is 7. The van der Waals surface area contributed by atoms with Crippen molar-refractivity contribution in [3.63, 3.8) is 0 Å². The van der Waals surface area contributed by atoms with Crippen molar-refractivity contribution in [2.24, 2.45) is 0 Å². The number of carbonyl (C=O) groups excluding carboxylic acids is 2. The molecule has 166 valence electrons. The van der Waals surface area contributed by atoms with Gasteiger partial charge >= 0.3 is 0 Å². The van der Waals surface area contributed by atoms with Crippen LogP contribution in [0.1, 0.15) is 51.7 Å². The first-order valence-corrected chi connectivity index (χ1v) is 11.1. The lowest BCUT2D eigenvalue weighted by molar-refractivity contribution is -0.129. The predicted octanol–water partition coefficient (Wildman–Crippen LogP) is 4.16. The lowest BCUT2D eigenvalue weighted by Gasteiger charge is -2.27. The van der Waals surface area contributed by atoms with Gasteiger partial charge in [-0.05, 0) is 44.4 Å². The van der Waals surface area contributed by atoms with Crippen LogP contribution in [0.5, 0.6) is 5.75 Å². The minimum atomic E-state index is -0.682. The molecule has 0 saturated heterocycles. The second kappa shape index (κ2) is 10.1. The Kier molecular flexibility index (Phi) is 7.46. The monoisotopic (exact) mass is 444 g/mol. The van der Waals surface area contributed by atoms with Crippen molar-refractivity contribution in [2.45, 2.75) is 39.7 Å². The van der Waals surface area contributed by atoms with E-state index >= 15 is 0 Å². The molecule has 1 N–H and O–H groups in total. The first-order valence-electron chi connectivity index (χ1n) is 10.3. The van der Waals surface area contributed by atoms with Crippen molar-refractivity contribution in [1.82, 2.24) is 9.88 Å². The molecule has 1 amide bonds. The van der Waals surface area contributed by atoms with Gasteiger partial charge in [0.1, 0.15) is 5.75 Å². The number of amides is 1. The van der Waals surface area contributed by atoms with Crippen LogP contribution in [-0.2, 0) is 9.53 Å². The molecule has 1 aliphatic rings. The van der Waals surface area contributed by atoms with Crippen LogP contribution in [0.3, 0.4) is 0 Å². The van der Waals surface area contributed by atoms with E-state index in [1.807, 2.05) is 38.1 Å². The highest BCUT2D eigenvalue weighted by Crippen LogP contribution is 2.40. The Morgan fingerprint density at radius 3 is 2.52 bits per heavy atom. The van der Waals surface area contributed by atoms with E-state index in [9.17, 15) is 14.7 Å². The molecular formula is C23H28N2O5S. The molecule has 0 bridgehead atoms. The summed E-state index contributed by atoms with van der Waals surface area (Å²) in [4.78, 5) is 32.6. The summed E-state index contributed by atoms with van der Waals surface area (Å²) in [7, 11) is 1.60. The summed E-state index contributed by atoms with van der Waals surface area (Å²) in [5.41, 5.74) is 1.43. The Hall–Kier alpha value is -2.71. The van der Waals surface area contributed by atoms with Crippen LogP contribution in [0.25, 0.3) is 0 Å². The molecule has 1 aromatic heterocycles. The summed E-state index contributed by atoms with van der Waals surface area (Å²) in [6.45, 7) is 7.05. The fourth-order valence-corrected chi connectivity index (χ4v) is 4.55. The molecule has 1 aliphatic heterocycles. The maximum Gasteiger partial charge on any atom is 0.290 e. The van der Waals surface area contributed by atoms with Gasteiger partial charge in [0.25, 0.3) is 5.91 Å². The van der Waals surface area contributed by atoms with Gasteiger partial charge in [-0.2, -0.15) is 0 Å². The number of Topliss-reactive ketones (excluding diaryl/α,β-unsaturated/α-hetero) is 1. The molecular weight excluding hydrogens is 416 g/mol. The van der Waals surface area contributed by atoms with Crippen molar-refractivity contribution in [3.8, 4) is 5.75 Å². The van der Waals surface area contributed by atoms with E-state index in [2.05, 4.69) is 4.98 Å². The number of aliphatic hydroxyl groups excluding tert-OH is 1. The molecule has 31 heavy (non-hydrogen) atoms. The summed E-state index contributed by atoms with van der Waals surface area (Å²) in [5.74, 6) is -0.686. The summed E-state index contributed by atoms with van der Waals surface area (Å²) in [5, 5.41) is 11.5. The number of aromatic nitrogens is 1. The number of nitrogens with zero attached hydrogens (tertiary/aromatic N) is 2. The van der Waals surface area contributed by atoms with E-state index in [0.29, 0.717) is 36.8 Å². The smallest absolute Gasteiger partial charge is 0.290 e. The van der Waals surface area contributed by atoms with Crippen LogP contribution in [-0.4, -0.2) is 53.5 Å². The van der Waals surface area contributed by atoms with Crippen LogP contribution in [0.4, 0.5) is 0 Å². The van der Waals surface area contributed by atoms with Crippen molar-refractivity contribution in [2.75, 3.05) is 26.9 Å². The SMILES string of the molecule is CCCOc1ccc(C2C(C(=O)c3sc(C)nc3C)=C(O)C(=O)N2CCCOC)cc1. The molecule has 2 aromatic rings. The van der Waals surface area contributed by atoms with E-state index in [1.165, 1.54) is 16.2 Å². The number of hydrogen-bond donors (Lipinski definition) is 1. The molecule has 0 saturated carbocycles. The summed E-state index contributed by atoms with van der Waals surface area (Å²) >= 11 is 1.27. The number of ether oxygens (including phenoxy) is 2. The maximum absolute atomic E-state index is 13.4. The molecule has 0 aliphatic carbocycles. The average molecular weight is 445 g/mol. The third-order valence-electron chi connectivity index (χ3n) is 5.07. The quantitative estimate of drug-likeness (QED) is 0.437. The van der Waals surface area contributed by atoms with Gasteiger partial charge in [-0.3, -0.25) is 9.59 Å². The molecule has 8 heteroatoms. The number of benzene rings is 1. The van der Waals surface area contributed by atoms with Gasteiger partial charge in [-0.15, -0.1) is 11.3 Å². The molecule has 1 atom stereocenters. The molecule has 0 spiro atoms. The molecule has 2 heterocycles. The zero-order valence-electron chi connectivity index (χ0n) is 18.3. The Morgan fingerprint density at radius 1 is 1.23 bits per heavy atom. The number of carbonyl (C=O) groups is 2. The van der Waals surface area contributed by atoms with Gasteiger partial charge in [0.05, 0.1) is 33.8 Å². The van der Waals surface area contributed by atoms with E-state index in [0.717, 1.165) is 22.7 Å². The zero-order chi connectivity index (χ0) is 22.5. The Bertz CT molecular complexity index is 980. The topological polar surface area (TPSA) is 89.0 Å². The van der Waals surface area contributed by atoms with E-state index in [4.69, 9.17) is 9.47 Å². The van der Waals surface area contributed by atoms with Crippen molar-refractivity contribution < 1.29 is 24.2 Å². The van der Waals surface area contributed by atoms with Crippen LogP contribution < -0.4 is 4.74 Å². The van der Waals surface area contributed by atoms with E-state index in [-0.39, 0.29) is 11.4 Å². The second-order valence-electron chi connectivity index (χ2n) is 7.40.